The molecule has 0 amide bonds. The van der Waals surface area contributed by atoms with E-state index in [2.05, 4.69) is 0 Å². The van der Waals surface area contributed by atoms with Gasteiger partial charge in [0.2, 0.25) is 0 Å². The van der Waals surface area contributed by atoms with Crippen molar-refractivity contribution in [2.75, 3.05) is 5.88 Å². The summed E-state index contributed by atoms with van der Waals surface area (Å²) in [6, 6.07) is 0. The van der Waals surface area contributed by atoms with Gasteiger partial charge in [-0.2, -0.15) is 8.42 Å². The summed E-state index contributed by atoms with van der Waals surface area (Å²) < 4.78 is 32.5. The molecule has 1 atom stereocenters. The van der Waals surface area contributed by atoms with Crippen LogP contribution in [0.2, 0.25) is 3.67 Å². The zero-order chi connectivity index (χ0) is 9.49. The Bertz CT molecular complexity index is 157. The first kappa shape index (κ1) is 14.6. The first-order valence-electron chi connectivity index (χ1n) is 2.75. The fourth-order valence-electron chi connectivity index (χ4n) is 0.109. The van der Waals surface area contributed by atoms with E-state index in [4.69, 9.17) is 34.2 Å². The summed E-state index contributed by atoms with van der Waals surface area (Å²) in [6.07, 6.45) is -0.238. The SMILES string of the molecule is O=S(=O)(O)O.OC([CH2][Na])CCl. The molecule has 1 unspecified atom stereocenters. The Kier molecular flexibility index (Phi) is 10.3. The maximum atomic E-state index is 8.74. The minimum absolute atomic E-state index is 0.238. The van der Waals surface area contributed by atoms with Crippen molar-refractivity contribution >= 4 is 49.9 Å². The van der Waals surface area contributed by atoms with Crippen LogP contribution in [0.5, 0.6) is 0 Å². The van der Waals surface area contributed by atoms with Gasteiger partial charge in [0.05, 0.1) is 0 Å². The topological polar surface area (TPSA) is 94.8 Å². The minimum atomic E-state index is -4.67. The van der Waals surface area contributed by atoms with Crippen molar-refractivity contribution in [3.63, 3.8) is 0 Å². The molecule has 0 radical (unpaired) electrons. The van der Waals surface area contributed by atoms with Gasteiger partial charge in [0, 0.05) is 0 Å². The summed E-state index contributed by atoms with van der Waals surface area (Å²) in [5, 5.41) is 8.57. The van der Waals surface area contributed by atoms with Crippen LogP contribution in [0, 0.1) is 0 Å². The van der Waals surface area contributed by atoms with Crippen LogP contribution in [0.1, 0.15) is 0 Å². The van der Waals surface area contributed by atoms with Gasteiger partial charge in [-0.3, -0.25) is 9.11 Å². The van der Waals surface area contributed by atoms with Crippen LogP contribution in [0.25, 0.3) is 0 Å². The molecule has 11 heavy (non-hydrogen) atoms. The number of alkyl halides is 1. The van der Waals surface area contributed by atoms with Crippen molar-refractivity contribution in [3.8, 4) is 0 Å². The summed E-state index contributed by atoms with van der Waals surface area (Å²) in [4.78, 5) is 0. The van der Waals surface area contributed by atoms with Crippen molar-refractivity contribution in [2.24, 2.45) is 0 Å². The van der Waals surface area contributed by atoms with Crippen molar-refractivity contribution in [1.29, 1.82) is 0 Å². The van der Waals surface area contributed by atoms with Crippen molar-refractivity contribution in [2.45, 2.75) is 9.77 Å². The third-order valence-corrected chi connectivity index (χ3v) is 1.95. The molecule has 0 aliphatic heterocycles. The average molecular weight is 215 g/mol. The third-order valence-electron chi connectivity index (χ3n) is 0.649. The summed E-state index contributed by atoms with van der Waals surface area (Å²) >= 11 is 6.27. The Morgan fingerprint density at radius 3 is 1.73 bits per heavy atom. The maximum absolute atomic E-state index is 8.74. The van der Waals surface area contributed by atoms with Crippen molar-refractivity contribution < 1.29 is 22.6 Å². The van der Waals surface area contributed by atoms with E-state index in [1.807, 2.05) is 0 Å². The van der Waals surface area contributed by atoms with E-state index in [0.717, 1.165) is 31.6 Å². The van der Waals surface area contributed by atoms with Gasteiger partial charge in [0.1, 0.15) is 0 Å². The summed E-state index contributed by atoms with van der Waals surface area (Å²) in [5.41, 5.74) is 0. The molecule has 0 aromatic carbocycles. The van der Waals surface area contributed by atoms with Gasteiger partial charge in [0.25, 0.3) is 0 Å². The molecule has 0 saturated carbocycles. The van der Waals surface area contributed by atoms with Crippen LogP contribution in [-0.2, 0) is 10.4 Å². The Morgan fingerprint density at radius 2 is 1.73 bits per heavy atom. The van der Waals surface area contributed by atoms with E-state index in [1.165, 1.54) is 0 Å². The Labute approximate surface area is 87.7 Å². The zero-order valence-electron chi connectivity index (χ0n) is 5.94. The molecule has 0 saturated heterocycles. The van der Waals surface area contributed by atoms with Gasteiger partial charge in [-0.15, -0.1) is 0 Å². The van der Waals surface area contributed by atoms with Crippen LogP contribution >= 0.6 is 11.6 Å². The van der Waals surface area contributed by atoms with E-state index in [1.54, 1.807) is 0 Å². The van der Waals surface area contributed by atoms with Crippen molar-refractivity contribution in [3.05, 3.63) is 0 Å². The molecule has 0 spiro atoms. The molecule has 0 aromatic heterocycles. The molecule has 0 rings (SSSR count). The standard InChI is InChI=1S/C3H6ClO.Na.H2O4S/c1-3(5)2-4;;1-5(2,3)4/h3,5H,1-2H2;;(H2,1,2,3,4). The fraction of sp³-hybridized carbons (Fsp3) is 1.00. The van der Waals surface area contributed by atoms with E-state index in [0.29, 0.717) is 5.88 Å². The molecule has 8 heteroatoms. The van der Waals surface area contributed by atoms with Gasteiger partial charge in [0.15, 0.2) is 0 Å². The van der Waals surface area contributed by atoms with Gasteiger partial charge >= 0.3 is 70.7 Å². The van der Waals surface area contributed by atoms with Gasteiger partial charge in [-0.05, 0) is 0 Å². The van der Waals surface area contributed by atoms with Gasteiger partial charge in [-0.1, -0.05) is 0 Å². The quantitative estimate of drug-likeness (QED) is 0.328. The van der Waals surface area contributed by atoms with Gasteiger partial charge in [-0.25, -0.2) is 0 Å². The molecule has 3 N–H and O–H groups in total. The first-order chi connectivity index (χ1) is 4.81. The molecule has 0 bridgehead atoms. The van der Waals surface area contributed by atoms with Crippen LogP contribution in [-0.4, -0.2) is 62.5 Å². The molecule has 0 fully saturated rings. The predicted octanol–water partition coefficient (Wildman–Crippen LogP) is -0.480. The van der Waals surface area contributed by atoms with Gasteiger partial charge < -0.3 is 0 Å². The number of rotatable bonds is 2. The summed E-state index contributed by atoms with van der Waals surface area (Å²) in [6.45, 7) is 0. The average Bonchev–Trinajstić information content (AvgIpc) is 1.83. The Hall–Kier alpha value is 1.12. The second-order valence-corrected chi connectivity index (χ2v) is 3.68. The first-order valence-corrected chi connectivity index (χ1v) is 6.09. The van der Waals surface area contributed by atoms with Crippen molar-refractivity contribution in [1.82, 2.24) is 0 Å². The zero-order valence-corrected chi connectivity index (χ0v) is 9.51. The van der Waals surface area contributed by atoms with E-state index >= 15 is 0 Å². The molecule has 0 heterocycles. The molecule has 64 valence electrons. The molecule has 0 aliphatic rings. The summed E-state index contributed by atoms with van der Waals surface area (Å²) in [7, 11) is -4.67. The van der Waals surface area contributed by atoms with Crippen LogP contribution in [0.15, 0.2) is 0 Å². The molecule has 5 nitrogen and oxygen atoms in total. The number of hydrogen-bond acceptors (Lipinski definition) is 3. The van der Waals surface area contributed by atoms with Crippen LogP contribution < -0.4 is 0 Å². The van der Waals surface area contributed by atoms with Crippen LogP contribution in [0.3, 0.4) is 0 Å². The van der Waals surface area contributed by atoms with Crippen LogP contribution in [0.4, 0.5) is 0 Å². The number of aliphatic hydroxyl groups is 1. The monoisotopic (exact) mass is 214 g/mol. The molecular formula is C3H8ClNaO5S. The Morgan fingerprint density at radius 1 is 1.45 bits per heavy atom. The summed E-state index contributed by atoms with van der Waals surface area (Å²) in [5.74, 6) is 0.392. The fourth-order valence-corrected chi connectivity index (χ4v) is 0.982. The normalized spacial score (nSPS) is 13.3. The van der Waals surface area contributed by atoms with E-state index in [9.17, 15) is 0 Å². The van der Waals surface area contributed by atoms with E-state index in [-0.39, 0.29) is 6.10 Å². The number of halogens is 1. The predicted molar refractivity (Wildman–Crippen MR) is 41.5 cm³/mol. The number of aliphatic hydroxyl groups excluding tert-OH is 1. The van der Waals surface area contributed by atoms with E-state index < -0.39 is 10.4 Å². The Balaban J connectivity index is 0. The molecule has 0 aliphatic carbocycles. The molecule has 0 aromatic rings. The third kappa shape index (κ3) is 35.3. The second kappa shape index (κ2) is 7.75. The second-order valence-electron chi connectivity index (χ2n) is 1.66. The molecular weight excluding hydrogens is 207 g/mol. The number of hydrogen-bond donors (Lipinski definition) is 3.